The smallest absolute Gasteiger partial charge is 0.259 e. The normalized spacial score (nSPS) is 17.8. The lowest BCUT2D eigenvalue weighted by atomic mass is 10.00. The molecule has 3 heterocycles. The summed E-state index contributed by atoms with van der Waals surface area (Å²) in [6.07, 6.45) is 3.28. The van der Waals surface area contributed by atoms with Gasteiger partial charge in [0.15, 0.2) is 0 Å². The summed E-state index contributed by atoms with van der Waals surface area (Å²) >= 11 is 0. The first kappa shape index (κ1) is 15.8. The van der Waals surface area contributed by atoms with Gasteiger partial charge in [-0.15, -0.1) is 0 Å². The van der Waals surface area contributed by atoms with E-state index in [0.717, 1.165) is 36.0 Å². The lowest BCUT2D eigenvalue weighted by Crippen LogP contribution is -2.42. The van der Waals surface area contributed by atoms with Crippen molar-refractivity contribution in [2.45, 2.75) is 39.2 Å². The first-order chi connectivity index (χ1) is 12.1. The van der Waals surface area contributed by atoms with Crippen LogP contribution in [0.1, 0.15) is 42.2 Å². The lowest BCUT2D eigenvalue weighted by Gasteiger charge is -2.33. The number of benzene rings is 1. The Kier molecular flexibility index (Phi) is 3.99. The van der Waals surface area contributed by atoms with Crippen molar-refractivity contribution in [1.29, 1.82) is 0 Å². The fraction of sp³-hybridized carbons (Fsp3) is 0.350. The third-order valence-electron chi connectivity index (χ3n) is 4.98. The van der Waals surface area contributed by atoms with Gasteiger partial charge in [0.2, 0.25) is 0 Å². The molecule has 1 amide bonds. The summed E-state index contributed by atoms with van der Waals surface area (Å²) in [6, 6.07) is 12.0. The van der Waals surface area contributed by atoms with Crippen LogP contribution < -0.4 is 0 Å². The maximum atomic E-state index is 13.3. The van der Waals surface area contributed by atoms with Crippen molar-refractivity contribution < 1.29 is 9.32 Å². The average molecular weight is 335 g/mol. The van der Waals surface area contributed by atoms with Crippen molar-refractivity contribution in [3.8, 4) is 11.3 Å². The number of rotatable bonds is 2. The zero-order chi connectivity index (χ0) is 17.4. The summed E-state index contributed by atoms with van der Waals surface area (Å²) in [7, 11) is 0. The predicted molar refractivity (Wildman–Crippen MR) is 96.3 cm³/mol. The molecule has 2 aromatic heterocycles. The number of hydrogen-bond donors (Lipinski definition) is 0. The third-order valence-corrected chi connectivity index (χ3v) is 4.98. The highest BCUT2D eigenvalue weighted by molar-refractivity contribution is 6.07. The molecule has 1 aliphatic rings. The molecule has 3 aromatic rings. The van der Waals surface area contributed by atoms with Gasteiger partial charge in [-0.1, -0.05) is 35.5 Å². The second kappa shape index (κ2) is 6.31. The number of aryl methyl sites for hydroxylation is 1. The van der Waals surface area contributed by atoms with Crippen LogP contribution >= 0.6 is 0 Å². The van der Waals surface area contributed by atoms with Crippen LogP contribution in [0.15, 0.2) is 40.9 Å². The second-order valence-electron chi connectivity index (χ2n) is 6.71. The first-order valence-corrected chi connectivity index (χ1v) is 8.78. The van der Waals surface area contributed by atoms with Gasteiger partial charge in [0.05, 0.1) is 22.3 Å². The van der Waals surface area contributed by atoms with Crippen molar-refractivity contribution in [3.63, 3.8) is 0 Å². The predicted octanol–water partition coefficient (Wildman–Crippen LogP) is 4.21. The van der Waals surface area contributed by atoms with E-state index in [9.17, 15) is 4.79 Å². The number of amides is 1. The Balaban J connectivity index is 1.86. The number of carbonyl (C=O) groups is 1. The number of nitrogens with zero attached hydrogens (tertiary/aromatic N) is 3. The van der Waals surface area contributed by atoms with Crippen LogP contribution in [-0.2, 0) is 0 Å². The molecule has 5 nitrogen and oxygen atoms in total. The molecule has 1 fully saturated rings. The highest BCUT2D eigenvalue weighted by Gasteiger charge is 2.28. The van der Waals surface area contributed by atoms with Gasteiger partial charge in [-0.3, -0.25) is 4.79 Å². The Hall–Kier alpha value is -2.69. The van der Waals surface area contributed by atoms with Crippen LogP contribution in [0.3, 0.4) is 0 Å². The average Bonchev–Trinajstić information content (AvgIpc) is 3.03. The number of fused-ring (bicyclic) bond motifs is 1. The summed E-state index contributed by atoms with van der Waals surface area (Å²) in [6.45, 7) is 4.77. The van der Waals surface area contributed by atoms with E-state index in [0.29, 0.717) is 17.0 Å². The molecule has 4 rings (SSSR count). The maximum Gasteiger partial charge on any atom is 0.259 e. The Morgan fingerprint density at radius 1 is 1.24 bits per heavy atom. The standard InChI is InChI=1S/C20H21N3O2/c1-13-8-6-7-11-23(13)20(24)16-12-17(15-9-4-3-5-10-15)21-19-18(16)14(2)22-25-19/h3-5,9-10,12-13H,6-8,11H2,1-2H3. The monoisotopic (exact) mass is 335 g/mol. The van der Waals surface area contributed by atoms with E-state index in [4.69, 9.17) is 4.52 Å². The number of carbonyl (C=O) groups excluding carboxylic acids is 1. The fourth-order valence-electron chi connectivity index (χ4n) is 3.57. The molecule has 1 atom stereocenters. The van der Waals surface area contributed by atoms with E-state index in [-0.39, 0.29) is 11.9 Å². The van der Waals surface area contributed by atoms with Crippen LogP contribution in [0.2, 0.25) is 0 Å². The zero-order valence-corrected chi connectivity index (χ0v) is 14.5. The molecule has 0 spiro atoms. The van der Waals surface area contributed by atoms with E-state index in [1.165, 1.54) is 6.42 Å². The molecular formula is C20H21N3O2. The van der Waals surface area contributed by atoms with Crippen LogP contribution in [-0.4, -0.2) is 33.5 Å². The summed E-state index contributed by atoms with van der Waals surface area (Å²) in [5.41, 5.74) is 3.45. The Morgan fingerprint density at radius 3 is 2.80 bits per heavy atom. The molecule has 1 unspecified atom stereocenters. The summed E-state index contributed by atoms with van der Waals surface area (Å²) in [4.78, 5) is 19.8. The van der Waals surface area contributed by atoms with Crippen molar-refractivity contribution in [1.82, 2.24) is 15.0 Å². The minimum Gasteiger partial charge on any atom is -0.336 e. The second-order valence-corrected chi connectivity index (χ2v) is 6.71. The molecule has 1 saturated heterocycles. The number of aromatic nitrogens is 2. The minimum absolute atomic E-state index is 0.0445. The van der Waals surface area contributed by atoms with Crippen LogP contribution in [0.4, 0.5) is 0 Å². The summed E-state index contributed by atoms with van der Waals surface area (Å²) < 4.78 is 5.38. The largest absolute Gasteiger partial charge is 0.336 e. The molecule has 1 aromatic carbocycles. The number of pyridine rings is 1. The number of likely N-dealkylation sites (tertiary alicyclic amines) is 1. The fourth-order valence-corrected chi connectivity index (χ4v) is 3.57. The van der Waals surface area contributed by atoms with Crippen molar-refractivity contribution in [2.24, 2.45) is 0 Å². The lowest BCUT2D eigenvalue weighted by molar-refractivity contribution is 0.0637. The first-order valence-electron chi connectivity index (χ1n) is 8.78. The van der Waals surface area contributed by atoms with Gasteiger partial charge in [-0.25, -0.2) is 4.98 Å². The number of piperidine rings is 1. The molecule has 0 bridgehead atoms. The van der Waals surface area contributed by atoms with Crippen LogP contribution in [0.25, 0.3) is 22.4 Å². The maximum absolute atomic E-state index is 13.3. The molecule has 1 aliphatic heterocycles. The van der Waals surface area contributed by atoms with Crippen molar-refractivity contribution >= 4 is 17.0 Å². The Labute approximate surface area is 146 Å². The van der Waals surface area contributed by atoms with Gasteiger partial charge in [0.1, 0.15) is 0 Å². The van der Waals surface area contributed by atoms with E-state index >= 15 is 0 Å². The van der Waals surface area contributed by atoms with Gasteiger partial charge >= 0.3 is 0 Å². The van der Waals surface area contributed by atoms with Gasteiger partial charge in [0, 0.05) is 18.2 Å². The van der Waals surface area contributed by atoms with Crippen LogP contribution in [0.5, 0.6) is 0 Å². The van der Waals surface area contributed by atoms with Crippen LogP contribution in [0, 0.1) is 6.92 Å². The van der Waals surface area contributed by atoms with E-state index < -0.39 is 0 Å². The highest BCUT2D eigenvalue weighted by atomic mass is 16.5. The molecule has 0 radical (unpaired) electrons. The van der Waals surface area contributed by atoms with Gasteiger partial charge in [-0.2, -0.15) is 0 Å². The van der Waals surface area contributed by atoms with E-state index in [1.54, 1.807) is 0 Å². The molecular weight excluding hydrogens is 314 g/mol. The molecule has 5 heteroatoms. The quantitative estimate of drug-likeness (QED) is 0.704. The van der Waals surface area contributed by atoms with Crippen molar-refractivity contribution in [2.75, 3.05) is 6.54 Å². The van der Waals surface area contributed by atoms with Gasteiger partial charge < -0.3 is 9.42 Å². The minimum atomic E-state index is 0.0445. The third kappa shape index (κ3) is 2.80. The molecule has 128 valence electrons. The molecule has 0 N–H and O–H groups in total. The topological polar surface area (TPSA) is 59.2 Å². The molecule has 25 heavy (non-hydrogen) atoms. The van der Waals surface area contributed by atoms with Gasteiger partial charge in [0.25, 0.3) is 11.6 Å². The highest BCUT2D eigenvalue weighted by Crippen LogP contribution is 2.29. The zero-order valence-electron chi connectivity index (χ0n) is 14.5. The van der Waals surface area contributed by atoms with Crippen molar-refractivity contribution in [3.05, 3.63) is 47.7 Å². The molecule has 0 aliphatic carbocycles. The Bertz CT molecular complexity index is 917. The molecule has 0 saturated carbocycles. The van der Waals surface area contributed by atoms with E-state index in [2.05, 4.69) is 17.1 Å². The SMILES string of the molecule is Cc1noc2nc(-c3ccccc3)cc(C(=O)N3CCCCC3C)c12. The van der Waals surface area contributed by atoms with Gasteiger partial charge in [-0.05, 0) is 39.2 Å². The van der Waals surface area contributed by atoms with E-state index in [1.807, 2.05) is 48.2 Å². The number of hydrogen-bond acceptors (Lipinski definition) is 4. The summed E-state index contributed by atoms with van der Waals surface area (Å²) in [5.74, 6) is 0.0445. The Morgan fingerprint density at radius 2 is 2.04 bits per heavy atom. The summed E-state index contributed by atoms with van der Waals surface area (Å²) in [5, 5.41) is 4.75.